The summed E-state index contributed by atoms with van der Waals surface area (Å²) in [6, 6.07) is 15.6. The number of nitrogens with one attached hydrogen (secondary N) is 1. The van der Waals surface area contributed by atoms with Gasteiger partial charge in [0.2, 0.25) is 0 Å². The van der Waals surface area contributed by atoms with Crippen LogP contribution < -0.4 is 5.32 Å². The molecule has 192 valence electrons. The number of carbonyl (C=O) groups is 3. The second-order valence-electron chi connectivity index (χ2n) is 10.5. The molecule has 0 spiro atoms. The molecule has 2 aliphatic heterocycles. The van der Waals surface area contributed by atoms with Gasteiger partial charge in [-0.1, -0.05) is 42.5 Å². The van der Waals surface area contributed by atoms with Crippen molar-refractivity contribution >= 4 is 17.8 Å². The SMILES string of the molecule is Cc1cccc(C(=O)N2CCC([C@]3(CCc4ccccc4)NC(=O)N(CCN(C)C)C3=O)CC2)c1C. The van der Waals surface area contributed by atoms with E-state index in [-0.39, 0.29) is 23.8 Å². The molecule has 2 saturated heterocycles. The van der Waals surface area contributed by atoms with Gasteiger partial charge < -0.3 is 15.1 Å². The number of rotatable bonds is 8. The van der Waals surface area contributed by atoms with Crippen LogP contribution >= 0.6 is 0 Å². The van der Waals surface area contributed by atoms with Gasteiger partial charge in [0.1, 0.15) is 5.54 Å². The van der Waals surface area contributed by atoms with Crippen molar-refractivity contribution in [2.45, 2.75) is 45.1 Å². The number of benzene rings is 2. The van der Waals surface area contributed by atoms with Gasteiger partial charge in [-0.15, -0.1) is 0 Å². The number of imide groups is 1. The second-order valence-corrected chi connectivity index (χ2v) is 10.5. The van der Waals surface area contributed by atoms with Gasteiger partial charge in [-0.2, -0.15) is 0 Å². The smallest absolute Gasteiger partial charge is 0.325 e. The van der Waals surface area contributed by atoms with Crippen LogP contribution in [0.5, 0.6) is 0 Å². The molecule has 2 aromatic carbocycles. The molecule has 0 aromatic heterocycles. The Labute approximate surface area is 214 Å². The number of hydrogen-bond donors (Lipinski definition) is 1. The molecular weight excluding hydrogens is 452 g/mol. The maximum atomic E-state index is 13.8. The fraction of sp³-hybridized carbons (Fsp3) is 0.483. The van der Waals surface area contributed by atoms with Crippen LogP contribution in [0.4, 0.5) is 4.79 Å². The topological polar surface area (TPSA) is 73.0 Å². The first kappa shape index (κ1) is 25.9. The fourth-order valence-electron chi connectivity index (χ4n) is 5.51. The first-order valence-corrected chi connectivity index (χ1v) is 12.9. The minimum absolute atomic E-state index is 0.0234. The molecule has 7 heteroatoms. The minimum atomic E-state index is -0.937. The van der Waals surface area contributed by atoms with Crippen molar-refractivity contribution in [1.29, 1.82) is 0 Å². The first-order chi connectivity index (χ1) is 17.2. The highest BCUT2D eigenvalue weighted by molar-refractivity contribution is 6.07. The molecule has 2 aromatic rings. The number of hydrogen-bond acceptors (Lipinski definition) is 4. The highest BCUT2D eigenvalue weighted by Gasteiger charge is 2.55. The zero-order valence-electron chi connectivity index (χ0n) is 21.9. The number of amides is 4. The molecule has 1 atom stereocenters. The standard InChI is InChI=1S/C29H38N4O3/c1-21-9-8-12-25(22(21)2)26(34)32-17-14-24(15-18-32)29(16-13-23-10-6-5-7-11-23)27(35)33(28(36)30-29)20-19-31(3)4/h5-12,24H,13-20H2,1-4H3,(H,30,36)/t29-/m0/s1. The van der Waals surface area contributed by atoms with Gasteiger partial charge in [0.25, 0.3) is 11.8 Å². The molecule has 0 saturated carbocycles. The predicted molar refractivity (Wildman–Crippen MR) is 141 cm³/mol. The molecule has 4 rings (SSSR count). The summed E-state index contributed by atoms with van der Waals surface area (Å²) in [6.07, 6.45) is 2.61. The molecule has 0 bridgehead atoms. The monoisotopic (exact) mass is 490 g/mol. The normalized spacial score (nSPS) is 20.8. The number of aryl methyl sites for hydroxylation is 2. The quantitative estimate of drug-likeness (QED) is 0.574. The van der Waals surface area contributed by atoms with E-state index in [1.165, 1.54) is 4.90 Å². The van der Waals surface area contributed by atoms with E-state index < -0.39 is 5.54 Å². The first-order valence-electron chi connectivity index (χ1n) is 12.9. The number of carbonyl (C=O) groups excluding carboxylic acids is 3. The summed E-state index contributed by atoms with van der Waals surface area (Å²) in [5, 5.41) is 3.14. The molecule has 0 unspecified atom stereocenters. The van der Waals surface area contributed by atoms with Crippen molar-refractivity contribution < 1.29 is 14.4 Å². The summed E-state index contributed by atoms with van der Waals surface area (Å²) in [6.45, 7) is 6.15. The van der Waals surface area contributed by atoms with E-state index >= 15 is 0 Å². The Morgan fingerprint density at radius 2 is 1.72 bits per heavy atom. The summed E-state index contributed by atoms with van der Waals surface area (Å²) in [4.78, 5) is 45.4. The van der Waals surface area contributed by atoms with Gasteiger partial charge in [0.15, 0.2) is 0 Å². The van der Waals surface area contributed by atoms with Crippen molar-refractivity contribution in [2.75, 3.05) is 40.3 Å². The summed E-state index contributed by atoms with van der Waals surface area (Å²) >= 11 is 0. The Kier molecular flexibility index (Phi) is 7.79. The third-order valence-corrected chi connectivity index (χ3v) is 7.94. The Morgan fingerprint density at radius 3 is 2.39 bits per heavy atom. The molecule has 2 heterocycles. The average molecular weight is 491 g/mol. The van der Waals surface area contributed by atoms with Crippen LogP contribution in [0.25, 0.3) is 0 Å². The maximum Gasteiger partial charge on any atom is 0.325 e. The van der Waals surface area contributed by atoms with Crippen LogP contribution in [0, 0.1) is 19.8 Å². The van der Waals surface area contributed by atoms with E-state index in [2.05, 4.69) is 17.4 Å². The van der Waals surface area contributed by atoms with Crippen LogP contribution in [0.3, 0.4) is 0 Å². The third kappa shape index (κ3) is 5.16. The van der Waals surface area contributed by atoms with Crippen molar-refractivity contribution in [3.8, 4) is 0 Å². The Morgan fingerprint density at radius 1 is 1.03 bits per heavy atom. The van der Waals surface area contributed by atoms with Gasteiger partial charge in [0, 0.05) is 31.7 Å². The lowest BCUT2D eigenvalue weighted by Gasteiger charge is -2.41. The van der Waals surface area contributed by atoms with E-state index in [0.717, 1.165) is 22.3 Å². The van der Waals surface area contributed by atoms with Gasteiger partial charge in [0.05, 0.1) is 0 Å². The van der Waals surface area contributed by atoms with Crippen molar-refractivity contribution in [2.24, 2.45) is 5.92 Å². The van der Waals surface area contributed by atoms with E-state index in [1.807, 2.05) is 74.1 Å². The Hall–Kier alpha value is -3.19. The molecule has 4 amide bonds. The molecule has 7 nitrogen and oxygen atoms in total. The van der Waals surface area contributed by atoms with Gasteiger partial charge in [-0.3, -0.25) is 14.5 Å². The number of likely N-dealkylation sites (N-methyl/N-ethyl adjacent to an activating group) is 1. The van der Waals surface area contributed by atoms with Gasteiger partial charge in [-0.05, 0) is 82.3 Å². The number of nitrogens with zero attached hydrogens (tertiary/aromatic N) is 3. The number of piperidine rings is 1. The minimum Gasteiger partial charge on any atom is -0.339 e. The lowest BCUT2D eigenvalue weighted by Crippen LogP contribution is -2.57. The van der Waals surface area contributed by atoms with Crippen LogP contribution in [0.15, 0.2) is 48.5 Å². The lowest BCUT2D eigenvalue weighted by atomic mass is 9.74. The largest absolute Gasteiger partial charge is 0.339 e. The van der Waals surface area contributed by atoms with Crippen LogP contribution in [-0.4, -0.2) is 78.4 Å². The van der Waals surface area contributed by atoms with E-state index in [1.54, 1.807) is 0 Å². The Balaban J connectivity index is 1.52. The predicted octanol–water partition coefficient (Wildman–Crippen LogP) is 3.64. The number of likely N-dealkylation sites (tertiary alicyclic amines) is 1. The number of urea groups is 1. The zero-order valence-corrected chi connectivity index (χ0v) is 21.9. The van der Waals surface area contributed by atoms with E-state index in [9.17, 15) is 14.4 Å². The highest BCUT2D eigenvalue weighted by Crippen LogP contribution is 2.37. The van der Waals surface area contributed by atoms with Gasteiger partial charge in [-0.25, -0.2) is 4.79 Å². The van der Waals surface area contributed by atoms with E-state index in [0.29, 0.717) is 51.9 Å². The van der Waals surface area contributed by atoms with Crippen molar-refractivity contribution in [3.63, 3.8) is 0 Å². The molecule has 0 aliphatic carbocycles. The molecule has 36 heavy (non-hydrogen) atoms. The van der Waals surface area contributed by atoms with Gasteiger partial charge >= 0.3 is 6.03 Å². The highest BCUT2D eigenvalue weighted by atomic mass is 16.2. The summed E-state index contributed by atoms with van der Waals surface area (Å²) in [5.74, 6) is -0.100. The van der Waals surface area contributed by atoms with Crippen molar-refractivity contribution in [3.05, 3.63) is 70.8 Å². The van der Waals surface area contributed by atoms with Crippen LogP contribution in [0.2, 0.25) is 0 Å². The molecule has 0 radical (unpaired) electrons. The summed E-state index contributed by atoms with van der Waals surface area (Å²) in [5.41, 5.74) is 3.07. The van der Waals surface area contributed by atoms with Crippen LogP contribution in [0.1, 0.15) is 46.3 Å². The second kappa shape index (κ2) is 10.8. The Bertz CT molecular complexity index is 1110. The van der Waals surface area contributed by atoms with Crippen molar-refractivity contribution in [1.82, 2.24) is 20.0 Å². The summed E-state index contributed by atoms with van der Waals surface area (Å²) in [7, 11) is 3.87. The average Bonchev–Trinajstić information content (AvgIpc) is 3.13. The molecule has 1 N–H and O–H groups in total. The fourth-order valence-corrected chi connectivity index (χ4v) is 5.51. The lowest BCUT2D eigenvalue weighted by molar-refractivity contribution is -0.134. The zero-order chi connectivity index (χ0) is 25.9. The molecule has 2 fully saturated rings. The molecular formula is C29H38N4O3. The van der Waals surface area contributed by atoms with E-state index in [4.69, 9.17) is 0 Å². The van der Waals surface area contributed by atoms with Crippen LogP contribution in [-0.2, 0) is 11.2 Å². The maximum absolute atomic E-state index is 13.8. The third-order valence-electron chi connectivity index (χ3n) is 7.94. The summed E-state index contributed by atoms with van der Waals surface area (Å²) < 4.78 is 0. The molecule has 2 aliphatic rings.